The summed E-state index contributed by atoms with van der Waals surface area (Å²) in [6.07, 6.45) is -3.99. The summed E-state index contributed by atoms with van der Waals surface area (Å²) in [5.41, 5.74) is 1.77. The number of amides is 1. The maximum atomic E-state index is 13.6. The standard InChI is InChI=1S/C31H28F3NO6/c1-30(2,3)23-12-8-19(9-13-23)25(18-26(36)20-10-14-24(15-11-20)41-31(32,33)34)28(39)21-4-6-22(7-5-21)29(40)35-17-16-27(37)38/h4-15,18H,16-17H2,1-3H3,(H,35,40)(H,37,38)/b25-18-. The van der Waals surface area contributed by atoms with Gasteiger partial charge in [0.1, 0.15) is 5.75 Å². The SMILES string of the molecule is CC(C)(C)c1ccc(/C(=C/C(=O)c2ccc(OC(F)(F)F)cc2)C(=O)c2ccc(C(=O)NCCC(=O)O)cc2)cc1. The van der Waals surface area contributed by atoms with Crippen molar-refractivity contribution < 1.29 is 42.2 Å². The number of ketones is 2. The molecule has 214 valence electrons. The Hall–Kier alpha value is -4.73. The zero-order valence-electron chi connectivity index (χ0n) is 22.5. The Kier molecular flexibility index (Phi) is 9.49. The van der Waals surface area contributed by atoms with E-state index in [4.69, 9.17) is 5.11 Å². The molecule has 3 rings (SSSR count). The van der Waals surface area contributed by atoms with Crippen LogP contribution in [0.4, 0.5) is 13.2 Å². The Morgan fingerprint density at radius 2 is 1.29 bits per heavy atom. The predicted molar refractivity (Wildman–Crippen MR) is 146 cm³/mol. The largest absolute Gasteiger partial charge is 0.573 e. The number of carbonyl (C=O) groups is 4. The molecule has 2 N–H and O–H groups in total. The number of carbonyl (C=O) groups excluding carboxylic acids is 3. The highest BCUT2D eigenvalue weighted by Crippen LogP contribution is 2.27. The van der Waals surface area contributed by atoms with Crippen LogP contribution in [0.15, 0.2) is 78.9 Å². The van der Waals surface area contributed by atoms with Gasteiger partial charge in [-0.05, 0) is 59.0 Å². The minimum Gasteiger partial charge on any atom is -0.481 e. The molecule has 10 heteroatoms. The van der Waals surface area contributed by atoms with Gasteiger partial charge in [0.2, 0.25) is 0 Å². The van der Waals surface area contributed by atoms with E-state index >= 15 is 0 Å². The van der Waals surface area contributed by atoms with E-state index in [-0.39, 0.29) is 40.6 Å². The number of aliphatic carboxylic acids is 1. The molecule has 0 bridgehead atoms. The van der Waals surface area contributed by atoms with Crippen molar-refractivity contribution in [1.82, 2.24) is 5.32 Å². The van der Waals surface area contributed by atoms with E-state index in [0.29, 0.717) is 5.56 Å². The maximum Gasteiger partial charge on any atom is 0.573 e. The smallest absolute Gasteiger partial charge is 0.481 e. The van der Waals surface area contributed by atoms with Crippen LogP contribution >= 0.6 is 0 Å². The highest BCUT2D eigenvalue weighted by molar-refractivity contribution is 6.32. The summed E-state index contributed by atoms with van der Waals surface area (Å²) >= 11 is 0. The van der Waals surface area contributed by atoms with E-state index in [1.54, 1.807) is 12.1 Å². The van der Waals surface area contributed by atoms with E-state index < -0.39 is 35.6 Å². The van der Waals surface area contributed by atoms with Gasteiger partial charge in [-0.3, -0.25) is 19.2 Å². The van der Waals surface area contributed by atoms with Gasteiger partial charge in [-0.1, -0.05) is 57.2 Å². The highest BCUT2D eigenvalue weighted by atomic mass is 19.4. The fourth-order valence-corrected chi connectivity index (χ4v) is 3.78. The molecule has 0 heterocycles. The monoisotopic (exact) mass is 567 g/mol. The van der Waals surface area contributed by atoms with E-state index in [1.807, 2.05) is 32.9 Å². The third kappa shape index (κ3) is 8.89. The summed E-state index contributed by atoms with van der Waals surface area (Å²) in [7, 11) is 0. The highest BCUT2D eigenvalue weighted by Gasteiger charge is 2.31. The average molecular weight is 568 g/mol. The zero-order valence-corrected chi connectivity index (χ0v) is 22.5. The lowest BCUT2D eigenvalue weighted by Gasteiger charge is -2.19. The Morgan fingerprint density at radius 1 is 0.780 bits per heavy atom. The molecule has 0 unspecified atom stereocenters. The molecule has 0 atom stereocenters. The first-order valence-electron chi connectivity index (χ1n) is 12.5. The predicted octanol–water partition coefficient (Wildman–Crippen LogP) is 6.24. The molecule has 0 spiro atoms. The number of rotatable bonds is 10. The number of Topliss-reactive ketones (excluding diaryl/α,β-unsaturated/α-hetero) is 1. The Balaban J connectivity index is 1.93. The summed E-state index contributed by atoms with van der Waals surface area (Å²) in [5, 5.41) is 11.2. The number of halogens is 3. The molecule has 0 aliphatic rings. The molecule has 1 amide bonds. The molecule has 0 saturated carbocycles. The second-order valence-corrected chi connectivity index (χ2v) is 10.1. The first-order valence-corrected chi connectivity index (χ1v) is 12.5. The molecule has 0 radical (unpaired) electrons. The number of carboxylic acid groups (broad SMARTS) is 1. The number of nitrogens with one attached hydrogen (secondary N) is 1. The first-order chi connectivity index (χ1) is 19.1. The minimum absolute atomic E-state index is 0.0458. The van der Waals surface area contributed by atoms with Crippen LogP contribution in [0.3, 0.4) is 0 Å². The number of hydrogen-bond donors (Lipinski definition) is 2. The topological polar surface area (TPSA) is 110 Å². The number of hydrogen-bond acceptors (Lipinski definition) is 5. The molecular formula is C31H28F3NO6. The van der Waals surface area contributed by atoms with Gasteiger partial charge in [0, 0.05) is 28.8 Å². The van der Waals surface area contributed by atoms with Crippen molar-refractivity contribution in [3.8, 4) is 5.75 Å². The average Bonchev–Trinajstić information content (AvgIpc) is 2.90. The number of benzene rings is 3. The van der Waals surface area contributed by atoms with Gasteiger partial charge in [-0.2, -0.15) is 0 Å². The van der Waals surface area contributed by atoms with Gasteiger partial charge in [-0.25, -0.2) is 0 Å². The summed E-state index contributed by atoms with van der Waals surface area (Å²) in [6.45, 7) is 6.02. The fourth-order valence-electron chi connectivity index (χ4n) is 3.78. The van der Waals surface area contributed by atoms with E-state index in [2.05, 4.69) is 10.1 Å². The first kappa shape index (κ1) is 30.8. The molecule has 0 fully saturated rings. The normalized spacial score (nSPS) is 12.0. The number of ether oxygens (including phenoxy) is 1. The van der Waals surface area contributed by atoms with Crippen LogP contribution in [0.1, 0.15) is 69.4 Å². The molecule has 0 aromatic heterocycles. The van der Waals surface area contributed by atoms with Crippen molar-refractivity contribution in [2.75, 3.05) is 6.54 Å². The van der Waals surface area contributed by atoms with Crippen molar-refractivity contribution in [1.29, 1.82) is 0 Å². The summed E-state index contributed by atoms with van der Waals surface area (Å²) < 4.78 is 41.3. The van der Waals surface area contributed by atoms with Crippen LogP contribution in [0.5, 0.6) is 5.75 Å². The van der Waals surface area contributed by atoms with Gasteiger partial charge in [0.05, 0.1) is 6.42 Å². The summed E-state index contributed by atoms with van der Waals surface area (Å²) in [4.78, 5) is 49.6. The van der Waals surface area contributed by atoms with Gasteiger partial charge < -0.3 is 15.2 Å². The molecule has 0 aliphatic heterocycles. The molecule has 0 saturated heterocycles. The van der Waals surface area contributed by atoms with Crippen molar-refractivity contribution in [3.63, 3.8) is 0 Å². The third-order valence-electron chi connectivity index (χ3n) is 5.99. The summed E-state index contributed by atoms with van der Waals surface area (Å²) in [6, 6.07) is 17.1. The number of allylic oxidation sites excluding steroid dienone is 2. The van der Waals surface area contributed by atoms with Crippen LogP contribution in [-0.2, 0) is 10.2 Å². The van der Waals surface area contributed by atoms with Crippen LogP contribution < -0.4 is 10.1 Å². The van der Waals surface area contributed by atoms with Crippen LogP contribution in [0.25, 0.3) is 5.57 Å². The molecule has 7 nitrogen and oxygen atoms in total. The molecule has 41 heavy (non-hydrogen) atoms. The Labute approximate surface area is 234 Å². The van der Waals surface area contributed by atoms with E-state index in [9.17, 15) is 32.3 Å². The molecule has 0 aliphatic carbocycles. The molecule has 3 aromatic carbocycles. The molecule has 3 aromatic rings. The van der Waals surface area contributed by atoms with Crippen LogP contribution in [0.2, 0.25) is 0 Å². The second kappa shape index (κ2) is 12.6. The quantitative estimate of drug-likeness (QED) is 0.222. The fraction of sp³-hybridized carbons (Fsp3) is 0.226. The number of carboxylic acids is 1. The lowest BCUT2D eigenvalue weighted by molar-refractivity contribution is -0.274. The van der Waals surface area contributed by atoms with Crippen molar-refractivity contribution in [3.05, 3.63) is 107 Å². The second-order valence-electron chi connectivity index (χ2n) is 10.1. The van der Waals surface area contributed by atoms with Gasteiger partial charge in [-0.15, -0.1) is 13.2 Å². The van der Waals surface area contributed by atoms with Crippen molar-refractivity contribution >= 4 is 29.0 Å². The van der Waals surface area contributed by atoms with Crippen LogP contribution in [0, 0.1) is 0 Å². The Morgan fingerprint density at radius 3 is 1.80 bits per heavy atom. The zero-order chi connectivity index (χ0) is 30.4. The van der Waals surface area contributed by atoms with Gasteiger partial charge >= 0.3 is 12.3 Å². The van der Waals surface area contributed by atoms with Gasteiger partial charge in [0.15, 0.2) is 11.6 Å². The lowest BCUT2D eigenvalue weighted by Crippen LogP contribution is -2.26. The number of alkyl halides is 3. The lowest BCUT2D eigenvalue weighted by atomic mass is 9.85. The van der Waals surface area contributed by atoms with E-state index in [0.717, 1.165) is 23.8 Å². The third-order valence-corrected chi connectivity index (χ3v) is 5.99. The summed E-state index contributed by atoms with van der Waals surface area (Å²) in [5.74, 6) is -3.18. The minimum atomic E-state index is -4.88. The van der Waals surface area contributed by atoms with Crippen molar-refractivity contribution in [2.45, 2.75) is 39.0 Å². The van der Waals surface area contributed by atoms with Crippen LogP contribution in [-0.4, -0.2) is 41.5 Å². The molecular weight excluding hydrogens is 539 g/mol. The van der Waals surface area contributed by atoms with Gasteiger partial charge in [0.25, 0.3) is 5.91 Å². The van der Waals surface area contributed by atoms with Crippen molar-refractivity contribution in [2.24, 2.45) is 0 Å². The Bertz CT molecular complexity index is 1450. The van der Waals surface area contributed by atoms with E-state index in [1.165, 1.54) is 36.4 Å². The maximum absolute atomic E-state index is 13.6.